The zero-order chi connectivity index (χ0) is 27.5. The lowest BCUT2D eigenvalue weighted by Gasteiger charge is -2.03. The van der Waals surface area contributed by atoms with Gasteiger partial charge in [0.05, 0.1) is 20.6 Å². The van der Waals surface area contributed by atoms with Gasteiger partial charge in [-0.2, -0.15) is 4.31 Å². The first-order valence-electron chi connectivity index (χ1n) is 9.62. The van der Waals surface area contributed by atoms with Crippen LogP contribution in [-0.2, 0) is 23.0 Å². The van der Waals surface area contributed by atoms with E-state index in [1.807, 2.05) is 0 Å². The molecule has 0 fully saturated rings. The highest BCUT2D eigenvalue weighted by Gasteiger charge is 2.27. The summed E-state index contributed by atoms with van der Waals surface area (Å²) in [4.78, 5) is 54.9. The molecule has 0 saturated heterocycles. The van der Waals surface area contributed by atoms with Gasteiger partial charge < -0.3 is 39.3 Å². The molecule has 2 aromatic rings. The van der Waals surface area contributed by atoms with Crippen LogP contribution in [0.1, 0.15) is 17.5 Å². The Morgan fingerprint density at radius 1 is 0.750 bits per heavy atom. The minimum Gasteiger partial charge on any atom is -0.504 e. The predicted molar refractivity (Wildman–Crippen MR) is 127 cm³/mol. The van der Waals surface area contributed by atoms with Crippen molar-refractivity contribution in [2.45, 2.75) is 6.42 Å². The topological polar surface area (TPSA) is 217 Å². The number of phenolic OH excluding ortho intramolecular Hbond substituents is 2. The lowest BCUT2D eigenvalue weighted by atomic mass is 10.1. The maximum absolute atomic E-state index is 11.9. The Morgan fingerprint density at radius 3 is 1.39 bits per heavy atom. The quantitative estimate of drug-likeness (QED) is 0.144. The van der Waals surface area contributed by atoms with Gasteiger partial charge in [0.2, 0.25) is 0 Å². The summed E-state index contributed by atoms with van der Waals surface area (Å²) in [7, 11) is -7.23. The average molecular weight is 546 g/mol. The van der Waals surface area contributed by atoms with Crippen LogP contribution in [0, 0.1) is 0 Å². The summed E-state index contributed by atoms with van der Waals surface area (Å²) in [5.41, 5.74) is 1.33. The van der Waals surface area contributed by atoms with E-state index in [-0.39, 0.29) is 29.5 Å². The summed E-state index contributed by atoms with van der Waals surface area (Å²) >= 11 is 0. The van der Waals surface area contributed by atoms with Crippen molar-refractivity contribution in [1.82, 2.24) is 0 Å². The second kappa shape index (κ2) is 13.7. The fraction of sp³-hybridized carbons (Fsp3) is 0.143. The third kappa shape index (κ3) is 12.4. The first kappa shape index (κ1) is 30.8. The molecule has 2 rings (SSSR count). The van der Waals surface area contributed by atoms with E-state index < -0.39 is 15.6 Å². The number of rotatable bonds is 10. The molecule has 0 radical (unpaired) electrons. The van der Waals surface area contributed by atoms with Crippen molar-refractivity contribution in [3.63, 3.8) is 0 Å². The first-order chi connectivity index (χ1) is 16.6. The van der Waals surface area contributed by atoms with Crippen LogP contribution in [0.5, 0.6) is 23.0 Å². The number of carbonyl (C=O) groups excluding carboxylic acids is 2. The van der Waals surface area contributed by atoms with E-state index in [4.69, 9.17) is 29.0 Å². The molecule has 0 spiro atoms. The molecule has 0 aromatic heterocycles. The molecule has 0 heterocycles. The average Bonchev–Trinajstić information content (AvgIpc) is 2.76. The SMILES string of the molecule is COc1cc(/C=C/C(=O)CC(=O)/C=C/c2ccc(O)c(OC)c2)ccc1O.O=P(O)(O)OP(=O)(O)O. The molecule has 0 saturated carbocycles. The molecule has 0 aliphatic rings. The standard InChI is InChI=1S/C21H20O6.H4O7P2/c1-26-20-11-14(5-9-18(20)24)3-7-16(22)13-17(23)8-4-15-6-10-19(25)21(12-15)27-2;1-8(2,3)7-9(4,5)6/h3-12,24-25H,13H2,1-2H3;(H2,1,2,3)(H2,4,5,6)/b7-3+,8-4+;. The Morgan fingerprint density at radius 2 is 1.11 bits per heavy atom. The highest BCUT2D eigenvalue weighted by molar-refractivity contribution is 7.60. The number of phenols is 2. The molecule has 0 bridgehead atoms. The van der Waals surface area contributed by atoms with Gasteiger partial charge in [-0.05, 0) is 47.5 Å². The number of methoxy groups -OCH3 is 2. The summed E-state index contributed by atoms with van der Waals surface area (Å²) in [6, 6.07) is 9.34. The fourth-order valence-corrected chi connectivity index (χ4v) is 3.51. The lowest BCUT2D eigenvalue weighted by Crippen LogP contribution is -2.01. The summed E-state index contributed by atoms with van der Waals surface area (Å²) < 4.78 is 32.2. The highest BCUT2D eigenvalue weighted by atomic mass is 31.3. The second-order valence-electron chi connectivity index (χ2n) is 6.70. The maximum atomic E-state index is 11.9. The lowest BCUT2D eigenvalue weighted by molar-refractivity contribution is -0.121. The fourth-order valence-electron chi connectivity index (χ4n) is 2.40. The van der Waals surface area contributed by atoms with Crippen LogP contribution in [0.3, 0.4) is 0 Å². The number of aromatic hydroxyl groups is 2. The van der Waals surface area contributed by atoms with E-state index in [0.29, 0.717) is 22.6 Å². The summed E-state index contributed by atoms with van der Waals surface area (Å²) in [6.07, 6.45) is 5.44. The minimum atomic E-state index is -5.05. The van der Waals surface area contributed by atoms with E-state index in [9.17, 15) is 28.9 Å². The van der Waals surface area contributed by atoms with Gasteiger partial charge in [0, 0.05) is 0 Å². The van der Waals surface area contributed by atoms with Crippen LogP contribution in [0.2, 0.25) is 0 Å². The molecule has 13 nitrogen and oxygen atoms in total. The van der Waals surface area contributed by atoms with Crippen molar-refractivity contribution >= 4 is 39.4 Å². The van der Waals surface area contributed by atoms with Gasteiger partial charge in [-0.25, -0.2) is 9.13 Å². The van der Waals surface area contributed by atoms with Gasteiger partial charge >= 0.3 is 15.6 Å². The van der Waals surface area contributed by atoms with Gasteiger partial charge in [0.1, 0.15) is 0 Å². The van der Waals surface area contributed by atoms with Crippen molar-refractivity contribution in [2.24, 2.45) is 0 Å². The van der Waals surface area contributed by atoms with Gasteiger partial charge in [0.15, 0.2) is 34.6 Å². The van der Waals surface area contributed by atoms with Gasteiger partial charge in [-0.15, -0.1) is 0 Å². The number of hydrogen-bond acceptors (Lipinski definition) is 9. The third-order valence-corrected chi connectivity index (χ3v) is 5.59. The van der Waals surface area contributed by atoms with Gasteiger partial charge in [-0.1, -0.05) is 24.3 Å². The van der Waals surface area contributed by atoms with E-state index in [1.54, 1.807) is 36.4 Å². The first-order valence-corrected chi connectivity index (χ1v) is 12.7. The predicted octanol–water partition coefficient (Wildman–Crippen LogP) is 2.56. The highest BCUT2D eigenvalue weighted by Crippen LogP contribution is 2.53. The van der Waals surface area contributed by atoms with Crippen molar-refractivity contribution in [3.8, 4) is 23.0 Å². The van der Waals surface area contributed by atoms with Gasteiger partial charge in [-0.3, -0.25) is 9.59 Å². The van der Waals surface area contributed by atoms with Crippen LogP contribution in [0.15, 0.2) is 48.6 Å². The van der Waals surface area contributed by atoms with E-state index in [1.165, 1.54) is 38.5 Å². The Bertz CT molecular complexity index is 1130. The van der Waals surface area contributed by atoms with E-state index >= 15 is 0 Å². The summed E-state index contributed by atoms with van der Waals surface area (Å²) in [6.45, 7) is 0. The zero-order valence-electron chi connectivity index (χ0n) is 18.9. The number of hydrogen-bond donors (Lipinski definition) is 6. The van der Waals surface area contributed by atoms with Crippen LogP contribution in [0.4, 0.5) is 0 Å². The van der Waals surface area contributed by atoms with Crippen molar-refractivity contribution in [2.75, 3.05) is 14.2 Å². The number of carbonyl (C=O) groups is 2. The molecule has 2 aromatic carbocycles. The Labute approximate surface area is 205 Å². The molecule has 6 N–H and O–H groups in total. The second-order valence-corrected chi connectivity index (χ2v) is 9.32. The Balaban J connectivity index is 0.000000613. The van der Waals surface area contributed by atoms with Crippen molar-refractivity contribution in [3.05, 3.63) is 59.7 Å². The van der Waals surface area contributed by atoms with Crippen LogP contribution < -0.4 is 9.47 Å². The van der Waals surface area contributed by atoms with Crippen LogP contribution >= 0.6 is 15.6 Å². The molecule has 0 aliphatic carbocycles. The number of phosphoric acid groups is 2. The minimum absolute atomic E-state index is 0.00662. The maximum Gasteiger partial charge on any atom is 0.478 e. The molecular weight excluding hydrogens is 522 g/mol. The molecular formula is C21H24O13P2. The molecule has 0 aliphatic heterocycles. The Hall–Kier alpha value is -3.28. The molecule has 0 unspecified atom stereocenters. The number of ether oxygens (including phenoxy) is 2. The van der Waals surface area contributed by atoms with Crippen LogP contribution in [-0.4, -0.2) is 55.6 Å². The largest absolute Gasteiger partial charge is 0.504 e. The molecule has 36 heavy (non-hydrogen) atoms. The van der Waals surface area contributed by atoms with Crippen LogP contribution in [0.25, 0.3) is 12.2 Å². The molecule has 0 atom stereocenters. The molecule has 15 heteroatoms. The Kier molecular flexibility index (Phi) is 11.7. The number of benzene rings is 2. The normalized spacial score (nSPS) is 11.7. The third-order valence-electron chi connectivity index (χ3n) is 3.89. The summed E-state index contributed by atoms with van der Waals surface area (Å²) in [5, 5.41) is 19.1. The van der Waals surface area contributed by atoms with Crippen molar-refractivity contribution < 1.29 is 62.3 Å². The van der Waals surface area contributed by atoms with Crippen molar-refractivity contribution in [1.29, 1.82) is 0 Å². The van der Waals surface area contributed by atoms with Gasteiger partial charge in [0.25, 0.3) is 0 Å². The molecule has 196 valence electrons. The monoisotopic (exact) mass is 546 g/mol. The summed E-state index contributed by atoms with van der Waals surface area (Å²) in [5.74, 6) is -0.0832. The zero-order valence-corrected chi connectivity index (χ0v) is 20.7. The molecule has 0 amide bonds. The number of ketones is 2. The smallest absolute Gasteiger partial charge is 0.478 e. The van der Waals surface area contributed by atoms with E-state index in [0.717, 1.165) is 0 Å². The number of allylic oxidation sites excluding steroid dienone is 2. The van der Waals surface area contributed by atoms with E-state index in [2.05, 4.69) is 4.31 Å².